The second-order valence-corrected chi connectivity index (χ2v) is 4.85. The molecule has 2 rings (SSSR count). The number of methoxy groups -OCH3 is 1. The van der Waals surface area contributed by atoms with Crippen molar-refractivity contribution in [1.29, 1.82) is 0 Å². The van der Waals surface area contributed by atoms with Gasteiger partial charge in [0.1, 0.15) is 11.5 Å². The number of amides is 1. The Balaban J connectivity index is 2.13. The molecule has 0 saturated heterocycles. The summed E-state index contributed by atoms with van der Waals surface area (Å²) in [6.45, 7) is 0.154. The van der Waals surface area contributed by atoms with Gasteiger partial charge < -0.3 is 20.9 Å². The lowest BCUT2D eigenvalue weighted by Crippen LogP contribution is -2.23. The number of phenols is 1. The molecule has 0 atom stereocenters. The van der Waals surface area contributed by atoms with Crippen molar-refractivity contribution in [3.63, 3.8) is 0 Å². The zero-order valence-electron chi connectivity index (χ0n) is 11.4. The van der Waals surface area contributed by atoms with Gasteiger partial charge in [0, 0.05) is 22.8 Å². The van der Waals surface area contributed by atoms with Crippen LogP contribution in [0.1, 0.15) is 15.9 Å². The fraction of sp³-hybridized carbons (Fsp3) is 0.133. The van der Waals surface area contributed by atoms with Crippen molar-refractivity contribution in [3.05, 3.63) is 52.5 Å². The number of nitrogen functional groups attached to an aromatic ring is 1. The summed E-state index contributed by atoms with van der Waals surface area (Å²) in [6, 6.07) is 9.43. The fourth-order valence-electron chi connectivity index (χ4n) is 1.87. The summed E-state index contributed by atoms with van der Waals surface area (Å²) in [4.78, 5) is 12.2. The maximum Gasteiger partial charge on any atom is 0.255 e. The average molecular weight is 307 g/mol. The van der Waals surface area contributed by atoms with E-state index < -0.39 is 0 Å². The molecule has 2 aromatic rings. The van der Waals surface area contributed by atoms with Crippen molar-refractivity contribution in [2.24, 2.45) is 0 Å². The lowest BCUT2D eigenvalue weighted by Gasteiger charge is -2.11. The molecule has 0 heterocycles. The van der Waals surface area contributed by atoms with Crippen LogP contribution in [0.3, 0.4) is 0 Å². The van der Waals surface area contributed by atoms with Gasteiger partial charge in [0.05, 0.1) is 12.7 Å². The number of hydrogen-bond donors (Lipinski definition) is 3. The van der Waals surface area contributed by atoms with Crippen molar-refractivity contribution in [3.8, 4) is 11.5 Å². The van der Waals surface area contributed by atoms with Crippen LogP contribution < -0.4 is 15.8 Å². The standard InChI is InChI=1S/C15H15ClN2O3/c1-21-14-7-10(16)2-4-12(14)15(20)18-8-9-6-11(17)3-5-13(9)19/h2-7,19H,8,17H2,1H3,(H,18,20). The molecule has 0 saturated carbocycles. The van der Waals surface area contributed by atoms with Gasteiger partial charge >= 0.3 is 0 Å². The Morgan fingerprint density at radius 2 is 2.10 bits per heavy atom. The third-order valence-electron chi connectivity index (χ3n) is 2.95. The van der Waals surface area contributed by atoms with Crippen LogP contribution in [-0.2, 0) is 6.54 Å². The van der Waals surface area contributed by atoms with Crippen LogP contribution >= 0.6 is 11.6 Å². The summed E-state index contributed by atoms with van der Waals surface area (Å²) < 4.78 is 5.13. The summed E-state index contributed by atoms with van der Waals surface area (Å²) in [7, 11) is 1.46. The minimum atomic E-state index is -0.328. The molecule has 0 aromatic heterocycles. The zero-order valence-corrected chi connectivity index (χ0v) is 12.1. The first-order chi connectivity index (χ1) is 10.0. The van der Waals surface area contributed by atoms with Crippen LogP contribution in [0.5, 0.6) is 11.5 Å². The normalized spacial score (nSPS) is 10.2. The summed E-state index contributed by atoms with van der Waals surface area (Å²) >= 11 is 5.85. The number of carbonyl (C=O) groups excluding carboxylic acids is 1. The predicted octanol–water partition coefficient (Wildman–Crippen LogP) is 2.57. The maximum atomic E-state index is 12.2. The average Bonchev–Trinajstić information content (AvgIpc) is 2.47. The molecule has 0 spiro atoms. The van der Waals surface area contributed by atoms with E-state index in [1.807, 2.05) is 0 Å². The van der Waals surface area contributed by atoms with Crippen LogP contribution in [-0.4, -0.2) is 18.1 Å². The molecule has 0 bridgehead atoms. The van der Waals surface area contributed by atoms with Crippen LogP contribution in [0, 0.1) is 0 Å². The van der Waals surface area contributed by atoms with Gasteiger partial charge in [-0.25, -0.2) is 0 Å². The third-order valence-corrected chi connectivity index (χ3v) is 3.19. The highest BCUT2D eigenvalue weighted by atomic mass is 35.5. The van der Waals surface area contributed by atoms with Crippen LogP contribution in [0.25, 0.3) is 0 Å². The number of nitrogens with one attached hydrogen (secondary N) is 1. The van der Waals surface area contributed by atoms with Gasteiger partial charge in [0.15, 0.2) is 0 Å². The summed E-state index contributed by atoms with van der Waals surface area (Å²) in [5.74, 6) is 0.134. The number of carbonyl (C=O) groups is 1. The first kappa shape index (κ1) is 15.0. The molecule has 110 valence electrons. The lowest BCUT2D eigenvalue weighted by molar-refractivity contribution is 0.0947. The number of hydrogen-bond acceptors (Lipinski definition) is 4. The molecule has 6 heteroatoms. The van der Waals surface area contributed by atoms with E-state index in [0.717, 1.165) is 0 Å². The first-order valence-corrected chi connectivity index (χ1v) is 6.58. The number of anilines is 1. The van der Waals surface area contributed by atoms with Gasteiger partial charge in [-0.1, -0.05) is 11.6 Å². The van der Waals surface area contributed by atoms with Crippen molar-refractivity contribution in [1.82, 2.24) is 5.32 Å². The van der Waals surface area contributed by atoms with Crippen molar-refractivity contribution in [2.45, 2.75) is 6.54 Å². The monoisotopic (exact) mass is 306 g/mol. The molecule has 0 aliphatic heterocycles. The van der Waals surface area contributed by atoms with Crippen molar-refractivity contribution >= 4 is 23.2 Å². The Bertz CT molecular complexity index is 674. The van der Waals surface area contributed by atoms with E-state index in [9.17, 15) is 9.90 Å². The number of benzene rings is 2. The molecular weight excluding hydrogens is 292 g/mol. The van der Waals surface area contributed by atoms with E-state index in [4.69, 9.17) is 22.1 Å². The van der Waals surface area contributed by atoms with E-state index in [-0.39, 0.29) is 18.2 Å². The minimum Gasteiger partial charge on any atom is -0.508 e. The Morgan fingerprint density at radius 1 is 1.33 bits per heavy atom. The lowest BCUT2D eigenvalue weighted by atomic mass is 10.1. The number of nitrogens with two attached hydrogens (primary N) is 1. The van der Waals surface area contributed by atoms with Gasteiger partial charge in [-0.2, -0.15) is 0 Å². The van der Waals surface area contributed by atoms with Gasteiger partial charge in [-0.3, -0.25) is 4.79 Å². The molecular formula is C15H15ClN2O3. The molecule has 4 N–H and O–H groups in total. The highest BCUT2D eigenvalue weighted by Crippen LogP contribution is 2.24. The Morgan fingerprint density at radius 3 is 2.81 bits per heavy atom. The highest BCUT2D eigenvalue weighted by Gasteiger charge is 2.13. The van der Waals surface area contributed by atoms with E-state index in [1.165, 1.54) is 13.2 Å². The first-order valence-electron chi connectivity index (χ1n) is 6.20. The molecule has 2 aromatic carbocycles. The quantitative estimate of drug-likeness (QED) is 0.598. The van der Waals surface area contributed by atoms with Gasteiger partial charge in [0.25, 0.3) is 5.91 Å². The topological polar surface area (TPSA) is 84.6 Å². The maximum absolute atomic E-state index is 12.2. The van der Waals surface area contributed by atoms with Gasteiger partial charge in [-0.05, 0) is 36.4 Å². The molecule has 0 radical (unpaired) electrons. The predicted molar refractivity (Wildman–Crippen MR) is 81.7 cm³/mol. The molecule has 0 fully saturated rings. The second-order valence-electron chi connectivity index (χ2n) is 4.42. The van der Waals surface area contributed by atoms with Crippen molar-refractivity contribution in [2.75, 3.05) is 12.8 Å². The molecule has 0 aliphatic rings. The fourth-order valence-corrected chi connectivity index (χ4v) is 2.03. The number of ether oxygens (including phenoxy) is 1. The van der Waals surface area contributed by atoms with E-state index in [2.05, 4.69) is 5.32 Å². The molecule has 21 heavy (non-hydrogen) atoms. The van der Waals surface area contributed by atoms with E-state index >= 15 is 0 Å². The molecule has 5 nitrogen and oxygen atoms in total. The number of halogens is 1. The van der Waals surface area contributed by atoms with Crippen LogP contribution in [0.15, 0.2) is 36.4 Å². The van der Waals surface area contributed by atoms with Gasteiger partial charge in [-0.15, -0.1) is 0 Å². The van der Waals surface area contributed by atoms with Crippen LogP contribution in [0.4, 0.5) is 5.69 Å². The smallest absolute Gasteiger partial charge is 0.255 e. The van der Waals surface area contributed by atoms with E-state index in [0.29, 0.717) is 27.6 Å². The number of phenolic OH excluding ortho intramolecular Hbond substituents is 1. The number of rotatable bonds is 4. The second kappa shape index (κ2) is 6.37. The highest BCUT2D eigenvalue weighted by molar-refractivity contribution is 6.30. The Kier molecular flexibility index (Phi) is 4.55. The largest absolute Gasteiger partial charge is 0.508 e. The van der Waals surface area contributed by atoms with Gasteiger partial charge in [0.2, 0.25) is 0 Å². The minimum absolute atomic E-state index is 0.0765. The molecule has 0 unspecified atom stereocenters. The SMILES string of the molecule is COc1cc(Cl)ccc1C(=O)NCc1cc(N)ccc1O. The molecule has 1 amide bonds. The Labute approximate surface area is 127 Å². The summed E-state index contributed by atoms with van der Waals surface area (Å²) in [5.41, 5.74) is 7.07. The summed E-state index contributed by atoms with van der Waals surface area (Å²) in [5, 5.41) is 12.9. The number of aromatic hydroxyl groups is 1. The Hall–Kier alpha value is -2.40. The van der Waals surface area contributed by atoms with Crippen molar-refractivity contribution < 1.29 is 14.6 Å². The zero-order chi connectivity index (χ0) is 15.4. The molecule has 0 aliphatic carbocycles. The third kappa shape index (κ3) is 3.58. The summed E-state index contributed by atoms with van der Waals surface area (Å²) in [6.07, 6.45) is 0. The van der Waals surface area contributed by atoms with E-state index in [1.54, 1.807) is 30.3 Å². The van der Waals surface area contributed by atoms with Crippen LogP contribution in [0.2, 0.25) is 5.02 Å².